The second kappa shape index (κ2) is 13.3. The number of nitrogens with one attached hydrogen (secondary N) is 2. The molecule has 1 aliphatic heterocycles. The van der Waals surface area contributed by atoms with Crippen molar-refractivity contribution in [2.45, 2.75) is 43.0 Å². The fraction of sp³-hybridized carbons (Fsp3) is 0.258. The summed E-state index contributed by atoms with van der Waals surface area (Å²) in [6.07, 6.45) is 3.81. The summed E-state index contributed by atoms with van der Waals surface area (Å²) >= 11 is 20.6. The standard InChI is InChI=1S/C31H29Cl3FN5O2S/c1-31(2,21-7-12-24(32)26(34)16-21)27-17-36-30(40(27)23-10-8-22(35)9-11-23)43-18-20-6-5-19(15-25(20)33)28(41)37-29(42)38-39-13-3-4-14-39/h5-12,15-17H,3-4,13-14,18H2,1-2H3,(H2,37,38,41,42). The lowest BCUT2D eigenvalue weighted by molar-refractivity contribution is 0.0956. The van der Waals surface area contributed by atoms with Crippen molar-refractivity contribution in [1.29, 1.82) is 0 Å². The summed E-state index contributed by atoms with van der Waals surface area (Å²) in [5.74, 6) is -0.437. The van der Waals surface area contributed by atoms with Gasteiger partial charge in [-0.15, -0.1) is 0 Å². The van der Waals surface area contributed by atoms with Gasteiger partial charge in [-0.3, -0.25) is 20.1 Å². The molecule has 4 aromatic rings. The quantitative estimate of drug-likeness (QED) is 0.187. The molecule has 1 aromatic heterocycles. The number of urea groups is 1. The van der Waals surface area contributed by atoms with Gasteiger partial charge in [-0.2, -0.15) is 0 Å². The summed E-state index contributed by atoms with van der Waals surface area (Å²) in [6, 6.07) is 16.1. The summed E-state index contributed by atoms with van der Waals surface area (Å²) < 4.78 is 15.8. The Hall–Kier alpha value is -3.08. The molecule has 2 heterocycles. The maximum atomic E-state index is 13.8. The van der Waals surface area contributed by atoms with Crippen LogP contribution in [0, 0.1) is 5.82 Å². The maximum absolute atomic E-state index is 13.8. The Morgan fingerprint density at radius 1 is 0.953 bits per heavy atom. The number of halogens is 4. The normalized spacial score (nSPS) is 13.7. The van der Waals surface area contributed by atoms with Crippen molar-refractivity contribution in [2.24, 2.45) is 0 Å². The van der Waals surface area contributed by atoms with Crippen LogP contribution in [0.5, 0.6) is 0 Å². The summed E-state index contributed by atoms with van der Waals surface area (Å²) in [4.78, 5) is 29.6. The van der Waals surface area contributed by atoms with Crippen molar-refractivity contribution in [3.8, 4) is 5.69 Å². The Balaban J connectivity index is 1.36. The van der Waals surface area contributed by atoms with E-state index in [1.807, 2.05) is 16.7 Å². The van der Waals surface area contributed by atoms with Gasteiger partial charge in [0.1, 0.15) is 5.82 Å². The predicted molar refractivity (Wildman–Crippen MR) is 170 cm³/mol. The average Bonchev–Trinajstić information content (AvgIpc) is 3.64. The lowest BCUT2D eigenvalue weighted by atomic mass is 9.81. The smallest absolute Gasteiger partial charge is 0.291 e. The Morgan fingerprint density at radius 3 is 2.35 bits per heavy atom. The molecule has 0 aliphatic carbocycles. The van der Waals surface area contributed by atoms with Gasteiger partial charge in [0.2, 0.25) is 0 Å². The van der Waals surface area contributed by atoms with Crippen LogP contribution in [0.15, 0.2) is 72.0 Å². The number of hydrazine groups is 1. The van der Waals surface area contributed by atoms with Crippen LogP contribution in [0.2, 0.25) is 15.1 Å². The molecule has 7 nitrogen and oxygen atoms in total. The van der Waals surface area contributed by atoms with Crippen molar-refractivity contribution >= 4 is 58.5 Å². The van der Waals surface area contributed by atoms with Gasteiger partial charge in [-0.05, 0) is 72.5 Å². The van der Waals surface area contributed by atoms with Gasteiger partial charge in [-0.25, -0.2) is 19.2 Å². The van der Waals surface area contributed by atoms with E-state index in [-0.39, 0.29) is 11.4 Å². The van der Waals surface area contributed by atoms with Crippen molar-refractivity contribution in [3.63, 3.8) is 0 Å². The van der Waals surface area contributed by atoms with E-state index in [0.717, 1.165) is 48.4 Å². The van der Waals surface area contributed by atoms with Crippen LogP contribution >= 0.6 is 46.6 Å². The number of thioether (sulfide) groups is 1. The number of amides is 3. The molecule has 3 aromatic carbocycles. The first-order chi connectivity index (χ1) is 20.5. The summed E-state index contributed by atoms with van der Waals surface area (Å²) in [7, 11) is 0. The van der Waals surface area contributed by atoms with Gasteiger partial charge in [0.15, 0.2) is 5.16 Å². The summed E-state index contributed by atoms with van der Waals surface area (Å²) in [5, 5.41) is 6.10. The zero-order valence-corrected chi connectivity index (χ0v) is 26.5. The van der Waals surface area contributed by atoms with Gasteiger partial charge in [0.05, 0.1) is 21.9 Å². The molecule has 0 unspecified atom stereocenters. The van der Waals surface area contributed by atoms with Crippen LogP contribution < -0.4 is 10.7 Å². The van der Waals surface area contributed by atoms with Crippen LogP contribution in [0.4, 0.5) is 9.18 Å². The van der Waals surface area contributed by atoms with E-state index in [0.29, 0.717) is 26.0 Å². The fourth-order valence-electron chi connectivity index (χ4n) is 4.87. The van der Waals surface area contributed by atoms with Crippen LogP contribution in [-0.4, -0.2) is 39.6 Å². The molecular weight excluding hydrogens is 632 g/mol. The molecule has 1 aliphatic rings. The molecule has 0 spiro atoms. The molecule has 43 heavy (non-hydrogen) atoms. The van der Waals surface area contributed by atoms with Crippen LogP contribution in [-0.2, 0) is 11.2 Å². The second-order valence-corrected chi connectivity index (χ2v) is 12.8. The van der Waals surface area contributed by atoms with E-state index < -0.39 is 17.4 Å². The minimum absolute atomic E-state index is 0.272. The third-order valence-corrected chi connectivity index (χ3v) is 9.45. The molecule has 0 saturated carbocycles. The first-order valence-corrected chi connectivity index (χ1v) is 15.7. The second-order valence-electron chi connectivity index (χ2n) is 10.7. The van der Waals surface area contributed by atoms with Gasteiger partial charge in [0, 0.05) is 40.5 Å². The van der Waals surface area contributed by atoms with Crippen molar-refractivity contribution in [3.05, 3.63) is 110 Å². The number of aromatic nitrogens is 2. The van der Waals surface area contributed by atoms with E-state index in [1.54, 1.807) is 47.6 Å². The number of imidazole rings is 1. The zero-order valence-electron chi connectivity index (χ0n) is 23.5. The highest BCUT2D eigenvalue weighted by atomic mass is 35.5. The third kappa shape index (κ3) is 7.19. The van der Waals surface area contributed by atoms with E-state index in [2.05, 4.69) is 24.6 Å². The average molecular weight is 661 g/mol. The first kappa shape index (κ1) is 31.3. The molecule has 5 rings (SSSR count). The number of hydrogen-bond acceptors (Lipinski definition) is 5. The molecule has 2 N–H and O–H groups in total. The summed E-state index contributed by atoms with van der Waals surface area (Å²) in [5.41, 5.74) is 5.74. The number of carbonyl (C=O) groups excluding carboxylic acids is 2. The predicted octanol–water partition coefficient (Wildman–Crippen LogP) is 8.04. The third-order valence-electron chi connectivity index (χ3n) is 7.36. The Labute approximate surface area is 268 Å². The van der Waals surface area contributed by atoms with Crippen molar-refractivity contribution in [1.82, 2.24) is 25.3 Å². The highest BCUT2D eigenvalue weighted by molar-refractivity contribution is 7.98. The highest BCUT2D eigenvalue weighted by Gasteiger charge is 2.30. The van der Waals surface area contributed by atoms with Crippen LogP contribution in [0.25, 0.3) is 5.69 Å². The van der Waals surface area contributed by atoms with E-state index in [1.165, 1.54) is 23.9 Å². The molecule has 224 valence electrons. The fourth-order valence-corrected chi connectivity index (χ4v) is 6.49. The Kier molecular flexibility index (Phi) is 9.68. The minimum Gasteiger partial charge on any atom is -0.291 e. The van der Waals surface area contributed by atoms with Gasteiger partial charge >= 0.3 is 6.03 Å². The topological polar surface area (TPSA) is 79.3 Å². The van der Waals surface area contributed by atoms with Crippen LogP contribution in [0.3, 0.4) is 0 Å². The number of imide groups is 1. The van der Waals surface area contributed by atoms with Crippen molar-refractivity contribution < 1.29 is 14.0 Å². The number of rotatable bonds is 8. The van der Waals surface area contributed by atoms with E-state index in [9.17, 15) is 14.0 Å². The van der Waals surface area contributed by atoms with Gasteiger partial charge in [-0.1, -0.05) is 72.5 Å². The largest absolute Gasteiger partial charge is 0.336 e. The molecule has 0 atom stereocenters. The van der Waals surface area contributed by atoms with Crippen molar-refractivity contribution in [2.75, 3.05) is 13.1 Å². The minimum atomic E-state index is -0.574. The molecule has 0 bridgehead atoms. The van der Waals surface area contributed by atoms with E-state index >= 15 is 0 Å². The molecule has 0 radical (unpaired) electrons. The molecular formula is C31H29Cl3FN5O2S. The van der Waals surface area contributed by atoms with Crippen LogP contribution in [0.1, 0.15) is 53.9 Å². The maximum Gasteiger partial charge on any atom is 0.336 e. The highest BCUT2D eigenvalue weighted by Crippen LogP contribution is 2.39. The Bertz CT molecular complexity index is 1660. The first-order valence-electron chi connectivity index (χ1n) is 13.6. The lowest BCUT2D eigenvalue weighted by Gasteiger charge is -2.28. The molecule has 12 heteroatoms. The molecule has 3 amide bonds. The van der Waals surface area contributed by atoms with Gasteiger partial charge in [0.25, 0.3) is 5.91 Å². The SMILES string of the molecule is CC(C)(c1ccc(Cl)c(Cl)c1)c1cnc(SCc2ccc(C(=O)NC(=O)NN3CCCC3)cc2Cl)n1-c1ccc(F)cc1. The van der Waals surface area contributed by atoms with Gasteiger partial charge < -0.3 is 0 Å². The monoisotopic (exact) mass is 659 g/mol. The summed E-state index contributed by atoms with van der Waals surface area (Å²) in [6.45, 7) is 5.63. The van der Waals surface area contributed by atoms with E-state index in [4.69, 9.17) is 39.8 Å². The number of nitrogens with zero attached hydrogens (tertiary/aromatic N) is 3. The number of benzene rings is 3. The number of hydrogen-bond donors (Lipinski definition) is 2. The molecule has 1 fully saturated rings. The number of carbonyl (C=O) groups is 2. The molecule has 1 saturated heterocycles. The lowest BCUT2D eigenvalue weighted by Crippen LogP contribution is -2.47. The zero-order chi connectivity index (χ0) is 30.7. The Morgan fingerprint density at radius 2 is 1.67 bits per heavy atom.